The number of phenols is 1. The summed E-state index contributed by atoms with van der Waals surface area (Å²) in [6, 6.07) is 14.5. The first-order chi connectivity index (χ1) is 13.0. The van der Waals surface area contributed by atoms with Crippen LogP contribution in [0.1, 0.15) is 40.7 Å². The lowest BCUT2D eigenvalue weighted by Gasteiger charge is -2.27. The van der Waals surface area contributed by atoms with Crippen LogP contribution in [0.25, 0.3) is 10.8 Å². The van der Waals surface area contributed by atoms with E-state index in [0.717, 1.165) is 22.1 Å². The summed E-state index contributed by atoms with van der Waals surface area (Å²) in [6.07, 6.45) is 0.0816. The maximum absolute atomic E-state index is 12.2. The maximum Gasteiger partial charge on any atom is 0.312 e. The average Bonchev–Trinajstić information content (AvgIpc) is 2.66. The van der Waals surface area contributed by atoms with Crippen LogP contribution in [0.4, 0.5) is 0 Å². The highest BCUT2D eigenvalue weighted by Crippen LogP contribution is 2.47. The first-order valence-corrected chi connectivity index (χ1v) is 8.64. The number of hydrogen-bond donors (Lipinski definition) is 1. The summed E-state index contributed by atoms with van der Waals surface area (Å²) in [4.78, 5) is 24.1. The van der Waals surface area contributed by atoms with Gasteiger partial charge in [0, 0.05) is 16.9 Å². The van der Waals surface area contributed by atoms with Crippen LogP contribution < -0.4 is 9.47 Å². The molecular formula is C22H18O5. The lowest BCUT2D eigenvalue weighted by atomic mass is 9.82. The molecule has 0 aliphatic carbocycles. The lowest BCUT2D eigenvalue weighted by molar-refractivity contribution is -0.135. The van der Waals surface area contributed by atoms with E-state index in [1.165, 1.54) is 13.0 Å². The van der Waals surface area contributed by atoms with E-state index in [1.807, 2.05) is 36.4 Å². The Morgan fingerprint density at radius 3 is 2.56 bits per heavy atom. The summed E-state index contributed by atoms with van der Waals surface area (Å²) >= 11 is 0. The van der Waals surface area contributed by atoms with E-state index in [4.69, 9.17) is 9.47 Å². The Balaban J connectivity index is 2.00. The fourth-order valence-corrected chi connectivity index (χ4v) is 3.77. The Hall–Kier alpha value is -3.34. The Labute approximate surface area is 156 Å². The summed E-state index contributed by atoms with van der Waals surface area (Å²) in [7, 11) is 1.61. The minimum absolute atomic E-state index is 0.0816. The van der Waals surface area contributed by atoms with Gasteiger partial charge in [-0.25, -0.2) is 0 Å². The van der Waals surface area contributed by atoms with Gasteiger partial charge in [0.15, 0.2) is 5.78 Å². The molecule has 0 unspecified atom stereocenters. The molecule has 0 amide bonds. The van der Waals surface area contributed by atoms with Crippen molar-refractivity contribution in [3.8, 4) is 17.2 Å². The second kappa shape index (κ2) is 6.43. The quantitative estimate of drug-likeness (QED) is 0.429. The van der Waals surface area contributed by atoms with Gasteiger partial charge in [-0.1, -0.05) is 30.3 Å². The standard InChI is InChI=1S/C22H18O5/c1-12(23)13-7-10-19-21(22(13)25)17(11-20(24)27-19)15-8-9-18(26-2)16-6-4-3-5-14(15)16/h3-10,17,25H,11H2,1-2H3/t17-/m1/s1. The van der Waals surface area contributed by atoms with Crippen LogP contribution in [-0.4, -0.2) is 24.0 Å². The summed E-state index contributed by atoms with van der Waals surface area (Å²) in [6.45, 7) is 1.40. The van der Waals surface area contributed by atoms with Gasteiger partial charge < -0.3 is 14.6 Å². The van der Waals surface area contributed by atoms with Gasteiger partial charge >= 0.3 is 5.97 Å². The van der Waals surface area contributed by atoms with Crippen molar-refractivity contribution in [1.82, 2.24) is 0 Å². The van der Waals surface area contributed by atoms with Gasteiger partial charge in [-0.3, -0.25) is 9.59 Å². The molecule has 5 nitrogen and oxygen atoms in total. The van der Waals surface area contributed by atoms with Gasteiger partial charge in [-0.15, -0.1) is 0 Å². The first kappa shape index (κ1) is 17.1. The summed E-state index contributed by atoms with van der Waals surface area (Å²) in [5.74, 6) is -0.144. The Bertz CT molecular complexity index is 1080. The molecule has 4 rings (SSSR count). The molecule has 1 heterocycles. The fourth-order valence-electron chi connectivity index (χ4n) is 3.77. The molecule has 3 aromatic carbocycles. The van der Waals surface area contributed by atoms with Gasteiger partial charge in [0.2, 0.25) is 0 Å². The first-order valence-electron chi connectivity index (χ1n) is 8.64. The van der Waals surface area contributed by atoms with Crippen molar-refractivity contribution in [2.24, 2.45) is 0 Å². The van der Waals surface area contributed by atoms with Crippen LogP contribution >= 0.6 is 0 Å². The normalized spacial score (nSPS) is 15.9. The molecule has 1 aliphatic rings. The zero-order chi connectivity index (χ0) is 19.1. The molecular weight excluding hydrogens is 344 g/mol. The highest BCUT2D eigenvalue weighted by Gasteiger charge is 2.33. The third-order valence-electron chi connectivity index (χ3n) is 5.01. The zero-order valence-corrected chi connectivity index (χ0v) is 15.0. The number of hydrogen-bond acceptors (Lipinski definition) is 5. The summed E-state index contributed by atoms with van der Waals surface area (Å²) in [5.41, 5.74) is 1.56. The second-order valence-electron chi connectivity index (χ2n) is 6.56. The molecule has 1 atom stereocenters. The number of phenolic OH excluding ortho intramolecular Hbond substituents is 1. The number of carbonyl (C=O) groups is 2. The van der Waals surface area contributed by atoms with Crippen molar-refractivity contribution >= 4 is 22.5 Å². The average molecular weight is 362 g/mol. The van der Waals surface area contributed by atoms with Crippen molar-refractivity contribution < 1.29 is 24.2 Å². The number of benzene rings is 3. The van der Waals surface area contributed by atoms with Crippen LogP contribution in [0.5, 0.6) is 17.2 Å². The number of ketones is 1. The number of aromatic hydroxyl groups is 1. The Kier molecular flexibility index (Phi) is 4.07. The summed E-state index contributed by atoms with van der Waals surface area (Å²) < 4.78 is 10.8. The lowest BCUT2D eigenvalue weighted by Crippen LogP contribution is -2.22. The molecule has 3 aromatic rings. The Morgan fingerprint density at radius 1 is 1.11 bits per heavy atom. The fraction of sp³-hybridized carbons (Fsp3) is 0.182. The van der Waals surface area contributed by atoms with Crippen LogP contribution in [0, 0.1) is 0 Å². The molecule has 27 heavy (non-hydrogen) atoms. The van der Waals surface area contributed by atoms with Crippen molar-refractivity contribution in [3.05, 3.63) is 65.2 Å². The van der Waals surface area contributed by atoms with Gasteiger partial charge in [0.25, 0.3) is 0 Å². The minimum Gasteiger partial charge on any atom is -0.507 e. The van der Waals surface area contributed by atoms with Crippen molar-refractivity contribution in [1.29, 1.82) is 0 Å². The highest BCUT2D eigenvalue weighted by atomic mass is 16.5. The van der Waals surface area contributed by atoms with Crippen LogP contribution in [0.15, 0.2) is 48.5 Å². The Morgan fingerprint density at radius 2 is 1.85 bits per heavy atom. The van der Waals surface area contributed by atoms with E-state index in [-0.39, 0.29) is 29.5 Å². The second-order valence-corrected chi connectivity index (χ2v) is 6.56. The monoisotopic (exact) mass is 362 g/mol. The molecule has 1 aliphatic heterocycles. The molecule has 0 spiro atoms. The number of rotatable bonds is 3. The predicted octanol–water partition coefficient (Wildman–Crippen LogP) is 4.20. The molecule has 0 saturated heterocycles. The maximum atomic E-state index is 12.2. The number of esters is 1. The van der Waals surface area contributed by atoms with Crippen LogP contribution in [-0.2, 0) is 4.79 Å². The van der Waals surface area contributed by atoms with Crippen molar-refractivity contribution in [3.63, 3.8) is 0 Å². The van der Waals surface area contributed by atoms with Gasteiger partial charge in [-0.05, 0) is 36.1 Å². The highest BCUT2D eigenvalue weighted by molar-refractivity contribution is 5.98. The molecule has 0 radical (unpaired) electrons. The number of ether oxygens (including phenoxy) is 2. The molecule has 0 bridgehead atoms. The molecule has 5 heteroatoms. The van der Waals surface area contributed by atoms with Crippen LogP contribution in [0.3, 0.4) is 0 Å². The third-order valence-corrected chi connectivity index (χ3v) is 5.01. The molecule has 136 valence electrons. The molecule has 0 aromatic heterocycles. The topological polar surface area (TPSA) is 72.8 Å². The number of methoxy groups -OCH3 is 1. The predicted molar refractivity (Wildman–Crippen MR) is 101 cm³/mol. The van der Waals surface area contributed by atoms with E-state index in [9.17, 15) is 14.7 Å². The number of carbonyl (C=O) groups excluding carboxylic acids is 2. The third kappa shape index (κ3) is 2.72. The van der Waals surface area contributed by atoms with E-state index >= 15 is 0 Å². The minimum atomic E-state index is -0.420. The SMILES string of the molecule is COc1ccc([C@H]2CC(=O)Oc3ccc(C(C)=O)c(O)c32)c2ccccc12. The van der Waals surface area contributed by atoms with E-state index in [1.54, 1.807) is 13.2 Å². The van der Waals surface area contributed by atoms with E-state index in [2.05, 4.69) is 0 Å². The molecule has 0 saturated carbocycles. The van der Waals surface area contributed by atoms with Gasteiger partial charge in [-0.2, -0.15) is 0 Å². The van der Waals surface area contributed by atoms with E-state index in [0.29, 0.717) is 11.3 Å². The molecule has 1 N–H and O–H groups in total. The van der Waals surface area contributed by atoms with Gasteiger partial charge in [0.1, 0.15) is 17.2 Å². The zero-order valence-electron chi connectivity index (χ0n) is 15.0. The smallest absolute Gasteiger partial charge is 0.312 e. The van der Waals surface area contributed by atoms with Crippen molar-refractivity contribution in [2.45, 2.75) is 19.3 Å². The largest absolute Gasteiger partial charge is 0.507 e. The number of fused-ring (bicyclic) bond motifs is 2. The summed E-state index contributed by atoms with van der Waals surface area (Å²) in [5, 5.41) is 12.6. The van der Waals surface area contributed by atoms with Crippen LogP contribution in [0.2, 0.25) is 0 Å². The molecule has 0 fully saturated rings. The number of Topliss-reactive ketones (excluding diaryl/α,β-unsaturated/α-hetero) is 1. The van der Waals surface area contributed by atoms with Gasteiger partial charge in [0.05, 0.1) is 19.1 Å². The van der Waals surface area contributed by atoms with Crippen molar-refractivity contribution in [2.75, 3.05) is 7.11 Å². The van der Waals surface area contributed by atoms with E-state index < -0.39 is 5.92 Å².